The zero-order chi connectivity index (χ0) is 12.8. The molecule has 0 heterocycles. The molecule has 0 bridgehead atoms. The summed E-state index contributed by atoms with van der Waals surface area (Å²) in [6.45, 7) is 0. The minimum atomic E-state index is 0.854. The maximum Gasteiger partial charge on any atom is 0.0199 e. The van der Waals surface area contributed by atoms with Gasteiger partial charge in [0.05, 0.1) is 0 Å². The van der Waals surface area contributed by atoms with E-state index in [9.17, 15) is 0 Å². The van der Waals surface area contributed by atoms with Crippen LogP contribution in [0.1, 0.15) is 51.4 Å². The molecule has 0 N–H and O–H groups in total. The van der Waals surface area contributed by atoms with Gasteiger partial charge in [-0.15, -0.1) is 0 Å². The van der Waals surface area contributed by atoms with Gasteiger partial charge in [0.15, 0.2) is 0 Å². The zero-order valence-corrected chi connectivity index (χ0v) is 13.6. The van der Waals surface area contributed by atoms with Crippen molar-refractivity contribution in [2.45, 2.75) is 63.5 Å². The Kier molecular flexibility index (Phi) is 6.70. The zero-order valence-electron chi connectivity index (χ0n) is 11.9. The SMILES string of the molecule is CN(SCCSN(C)C1CCCC1)C1CCCC1. The van der Waals surface area contributed by atoms with Gasteiger partial charge in [-0.1, -0.05) is 49.6 Å². The second kappa shape index (κ2) is 8.03. The topological polar surface area (TPSA) is 6.48 Å². The van der Waals surface area contributed by atoms with Crippen molar-refractivity contribution >= 4 is 23.9 Å². The normalized spacial score (nSPS) is 22.7. The predicted octanol–water partition coefficient (Wildman–Crippen LogP) is 4.03. The van der Waals surface area contributed by atoms with Crippen molar-refractivity contribution in [3.63, 3.8) is 0 Å². The Bertz CT molecular complexity index is 202. The Balaban J connectivity index is 1.52. The summed E-state index contributed by atoms with van der Waals surface area (Å²) in [7, 11) is 4.57. The Morgan fingerprint density at radius 2 is 1.06 bits per heavy atom. The van der Waals surface area contributed by atoms with E-state index in [0.29, 0.717) is 0 Å². The number of rotatable bonds is 7. The fourth-order valence-electron chi connectivity index (χ4n) is 3.11. The second-order valence-electron chi connectivity index (χ2n) is 5.64. The number of hydrogen-bond donors (Lipinski definition) is 0. The van der Waals surface area contributed by atoms with Crippen LogP contribution in [0.15, 0.2) is 0 Å². The lowest BCUT2D eigenvalue weighted by Crippen LogP contribution is -2.24. The fraction of sp³-hybridized carbons (Fsp3) is 1.00. The Labute approximate surface area is 122 Å². The molecule has 0 spiro atoms. The van der Waals surface area contributed by atoms with Gasteiger partial charge in [-0.25, -0.2) is 0 Å². The molecular weight excluding hydrogens is 260 g/mol. The van der Waals surface area contributed by atoms with Gasteiger partial charge in [0.1, 0.15) is 0 Å². The minimum Gasteiger partial charge on any atom is -0.251 e. The minimum absolute atomic E-state index is 0.854. The van der Waals surface area contributed by atoms with Crippen molar-refractivity contribution in [3.05, 3.63) is 0 Å². The third-order valence-electron chi connectivity index (χ3n) is 4.35. The molecule has 106 valence electrons. The van der Waals surface area contributed by atoms with Crippen LogP contribution in [0.2, 0.25) is 0 Å². The average Bonchev–Trinajstić information content (AvgIpc) is 3.05. The summed E-state index contributed by atoms with van der Waals surface area (Å²) in [5.41, 5.74) is 0. The van der Waals surface area contributed by atoms with Crippen molar-refractivity contribution < 1.29 is 0 Å². The lowest BCUT2D eigenvalue weighted by molar-refractivity contribution is 0.414. The van der Waals surface area contributed by atoms with Gasteiger partial charge in [0, 0.05) is 23.6 Å². The first-order valence-corrected chi connectivity index (χ1v) is 9.37. The summed E-state index contributed by atoms with van der Waals surface area (Å²) < 4.78 is 5.03. The van der Waals surface area contributed by atoms with Gasteiger partial charge in [-0.3, -0.25) is 8.61 Å². The molecule has 0 aliphatic heterocycles. The first kappa shape index (κ1) is 15.0. The molecule has 2 saturated carbocycles. The molecule has 0 aromatic rings. The summed E-state index contributed by atoms with van der Waals surface area (Å²) in [5, 5.41) is 0. The lowest BCUT2D eigenvalue weighted by atomic mass is 10.3. The maximum absolute atomic E-state index is 2.52. The van der Waals surface area contributed by atoms with Crippen LogP contribution in [0.25, 0.3) is 0 Å². The van der Waals surface area contributed by atoms with E-state index in [4.69, 9.17) is 0 Å². The summed E-state index contributed by atoms with van der Waals surface area (Å²) in [5.74, 6) is 2.52. The van der Waals surface area contributed by atoms with E-state index in [1.807, 2.05) is 23.9 Å². The summed E-state index contributed by atoms with van der Waals surface area (Å²) in [6.07, 6.45) is 11.4. The average molecular weight is 289 g/mol. The van der Waals surface area contributed by atoms with Crippen LogP contribution in [-0.4, -0.2) is 46.3 Å². The van der Waals surface area contributed by atoms with Crippen LogP contribution in [-0.2, 0) is 0 Å². The Morgan fingerprint density at radius 1 is 0.722 bits per heavy atom. The molecule has 2 nitrogen and oxygen atoms in total. The molecule has 0 atom stereocenters. The first-order chi connectivity index (χ1) is 8.77. The largest absolute Gasteiger partial charge is 0.251 e. The van der Waals surface area contributed by atoms with Crippen LogP contribution in [0.5, 0.6) is 0 Å². The van der Waals surface area contributed by atoms with Crippen molar-refractivity contribution in [2.24, 2.45) is 0 Å². The van der Waals surface area contributed by atoms with E-state index in [0.717, 1.165) is 12.1 Å². The van der Waals surface area contributed by atoms with Crippen LogP contribution in [0.3, 0.4) is 0 Å². The highest BCUT2D eigenvalue weighted by molar-refractivity contribution is 8.00. The summed E-state index contributed by atoms with van der Waals surface area (Å²) >= 11 is 4.09. The van der Waals surface area contributed by atoms with E-state index in [1.54, 1.807) is 0 Å². The molecule has 2 rings (SSSR count). The third kappa shape index (κ3) is 4.62. The van der Waals surface area contributed by atoms with Gasteiger partial charge in [-0.2, -0.15) is 0 Å². The molecule has 4 heteroatoms. The second-order valence-corrected chi connectivity index (χ2v) is 8.12. The quantitative estimate of drug-likeness (QED) is 0.515. The molecular formula is C14H28N2S2. The third-order valence-corrected chi connectivity index (χ3v) is 6.79. The van der Waals surface area contributed by atoms with E-state index < -0.39 is 0 Å². The molecule has 2 aliphatic carbocycles. The predicted molar refractivity (Wildman–Crippen MR) is 85.0 cm³/mol. The smallest absolute Gasteiger partial charge is 0.0199 e. The van der Waals surface area contributed by atoms with E-state index in [-0.39, 0.29) is 0 Å². The van der Waals surface area contributed by atoms with Crippen molar-refractivity contribution in [2.75, 3.05) is 25.6 Å². The molecule has 2 aliphatic rings. The molecule has 0 aromatic carbocycles. The van der Waals surface area contributed by atoms with Crippen molar-refractivity contribution in [3.8, 4) is 0 Å². The number of nitrogens with zero attached hydrogens (tertiary/aromatic N) is 2. The van der Waals surface area contributed by atoms with Gasteiger partial charge < -0.3 is 0 Å². The first-order valence-electron chi connectivity index (χ1n) is 7.49. The molecule has 18 heavy (non-hydrogen) atoms. The highest BCUT2D eigenvalue weighted by Gasteiger charge is 2.21. The van der Waals surface area contributed by atoms with Crippen LogP contribution >= 0.6 is 23.9 Å². The number of hydrogen-bond acceptors (Lipinski definition) is 4. The van der Waals surface area contributed by atoms with Crippen molar-refractivity contribution in [1.29, 1.82) is 0 Å². The van der Waals surface area contributed by atoms with E-state index in [2.05, 4.69) is 22.7 Å². The van der Waals surface area contributed by atoms with E-state index in [1.165, 1.54) is 62.9 Å². The summed E-state index contributed by atoms with van der Waals surface area (Å²) in [4.78, 5) is 0. The van der Waals surface area contributed by atoms with Gasteiger partial charge >= 0.3 is 0 Å². The van der Waals surface area contributed by atoms with Crippen LogP contribution in [0.4, 0.5) is 0 Å². The molecule has 0 unspecified atom stereocenters. The Morgan fingerprint density at radius 3 is 1.39 bits per heavy atom. The molecule has 2 fully saturated rings. The highest BCUT2D eigenvalue weighted by Crippen LogP contribution is 2.29. The van der Waals surface area contributed by atoms with Crippen LogP contribution < -0.4 is 0 Å². The van der Waals surface area contributed by atoms with Gasteiger partial charge in [0.25, 0.3) is 0 Å². The monoisotopic (exact) mass is 288 g/mol. The maximum atomic E-state index is 2.52. The van der Waals surface area contributed by atoms with Gasteiger partial charge in [-0.05, 0) is 39.8 Å². The van der Waals surface area contributed by atoms with Crippen LogP contribution in [0, 0.1) is 0 Å². The highest BCUT2D eigenvalue weighted by atomic mass is 32.2. The van der Waals surface area contributed by atoms with E-state index >= 15 is 0 Å². The molecule has 0 amide bonds. The Hall–Kier alpha value is 0.620. The molecule has 0 saturated heterocycles. The summed E-state index contributed by atoms with van der Waals surface area (Å²) in [6, 6.07) is 1.71. The molecule has 0 aromatic heterocycles. The lowest BCUT2D eigenvalue weighted by Gasteiger charge is -2.25. The molecule has 0 radical (unpaired) electrons. The fourth-order valence-corrected chi connectivity index (χ4v) is 5.12. The standard InChI is InChI=1S/C14H28N2S2/c1-15(13-7-3-4-8-13)17-11-12-18-16(2)14-9-5-6-10-14/h13-14H,3-12H2,1-2H3. The van der Waals surface area contributed by atoms with Gasteiger partial charge in [0.2, 0.25) is 0 Å². The van der Waals surface area contributed by atoms with Crippen molar-refractivity contribution in [1.82, 2.24) is 8.61 Å².